The van der Waals surface area contributed by atoms with Crippen LogP contribution in [-0.2, 0) is 40.0 Å². The number of carbonyl (C=O) groups is 2. The Bertz CT molecular complexity index is 2120. The first kappa shape index (κ1) is 35.6. The standard InChI is InChI=1S/C42H45N3O9/c1-24(46)52-23-39(47)45-32-22-35(49-4)36-20-28(32)17-33-40-27(14-16-44(33)45)19-38(50-5)41(51-6)42(40)54-37-21-30-26(18-34(37)48-3)13-15-43(2)31(30)12-9-25-7-10-29(53-36)11-8-25/h7-8,10-11,18-22,31,33H,9,12-17,23H2,1-6H3/t31-,33-/m0/s1. The fourth-order valence-corrected chi connectivity index (χ4v) is 8.44. The fraction of sp³-hybridized carbons (Fsp3) is 0.381. The van der Waals surface area contributed by atoms with Crippen molar-refractivity contribution >= 4 is 17.6 Å². The van der Waals surface area contributed by atoms with Crippen LogP contribution in [0.25, 0.3) is 0 Å². The van der Waals surface area contributed by atoms with Crippen LogP contribution in [0.4, 0.5) is 5.69 Å². The van der Waals surface area contributed by atoms with Crippen LogP contribution in [0.3, 0.4) is 0 Å². The van der Waals surface area contributed by atoms with Crippen LogP contribution < -0.4 is 33.4 Å². The number of ether oxygens (including phenoxy) is 7. The Morgan fingerprint density at radius 3 is 2.19 bits per heavy atom. The number of hydrazine groups is 1. The molecule has 0 aliphatic carbocycles. The summed E-state index contributed by atoms with van der Waals surface area (Å²) in [5.41, 5.74) is 6.94. The fourth-order valence-electron chi connectivity index (χ4n) is 8.44. The molecule has 7 bridgehead atoms. The van der Waals surface area contributed by atoms with Gasteiger partial charge in [0.2, 0.25) is 5.75 Å². The molecule has 12 nitrogen and oxygen atoms in total. The molecule has 0 fully saturated rings. The maximum absolute atomic E-state index is 14.2. The third-order valence-corrected chi connectivity index (χ3v) is 11.1. The van der Waals surface area contributed by atoms with E-state index in [1.54, 1.807) is 33.4 Å². The molecule has 5 aliphatic heterocycles. The molecule has 0 aromatic heterocycles. The van der Waals surface area contributed by atoms with Crippen molar-refractivity contribution in [3.8, 4) is 46.0 Å². The lowest BCUT2D eigenvalue weighted by Gasteiger charge is -2.48. The molecular weight excluding hydrogens is 690 g/mol. The molecular formula is C42H45N3O9. The molecule has 2 atom stereocenters. The lowest BCUT2D eigenvalue weighted by atomic mass is 9.86. The van der Waals surface area contributed by atoms with E-state index in [1.807, 2.05) is 35.3 Å². The van der Waals surface area contributed by atoms with Gasteiger partial charge in [0.1, 0.15) is 5.75 Å². The number of aryl methyl sites for hydroxylation is 1. The maximum Gasteiger partial charge on any atom is 0.303 e. The van der Waals surface area contributed by atoms with Gasteiger partial charge in [-0.25, -0.2) is 10.0 Å². The average molecular weight is 736 g/mol. The molecule has 5 heterocycles. The summed E-state index contributed by atoms with van der Waals surface area (Å²) in [5.74, 6) is 3.32. The second-order valence-corrected chi connectivity index (χ2v) is 14.1. The molecule has 54 heavy (non-hydrogen) atoms. The Morgan fingerprint density at radius 1 is 0.759 bits per heavy atom. The summed E-state index contributed by atoms with van der Waals surface area (Å²) in [4.78, 5) is 28.5. The quantitative estimate of drug-likeness (QED) is 0.196. The third-order valence-electron chi connectivity index (χ3n) is 11.1. The number of hydrogen-bond donors (Lipinski definition) is 0. The van der Waals surface area contributed by atoms with Crippen LogP contribution in [0, 0.1) is 0 Å². The molecule has 0 spiro atoms. The van der Waals surface area contributed by atoms with Crippen LogP contribution in [0.15, 0.2) is 54.6 Å². The highest BCUT2D eigenvalue weighted by molar-refractivity contribution is 5.96. The zero-order valence-electron chi connectivity index (χ0n) is 31.5. The SMILES string of the molecule is COc1cc2c3cc1Oc1ccc(cc1)CC[C@H]1c4cc(c(OC)cc4CCN1C)Oc1c(OC)c(OC)cc4c1[C@H](C3)N(CC4)N2C(=O)COC(C)=O. The second kappa shape index (κ2) is 14.4. The average Bonchev–Trinajstić information content (AvgIpc) is 3.18. The van der Waals surface area contributed by atoms with Gasteiger partial charge in [0.25, 0.3) is 5.91 Å². The molecule has 5 aliphatic rings. The molecule has 12 heteroatoms. The topological polar surface area (TPSA) is 108 Å². The predicted octanol–water partition coefficient (Wildman–Crippen LogP) is 6.75. The van der Waals surface area contributed by atoms with Gasteiger partial charge in [-0.05, 0) is 103 Å². The first-order valence-corrected chi connectivity index (χ1v) is 18.3. The van der Waals surface area contributed by atoms with Gasteiger partial charge >= 0.3 is 5.97 Å². The van der Waals surface area contributed by atoms with Crippen molar-refractivity contribution in [3.63, 3.8) is 0 Å². The lowest BCUT2D eigenvalue weighted by molar-refractivity contribution is -0.146. The lowest BCUT2D eigenvalue weighted by Crippen LogP contribution is -2.55. The molecule has 0 N–H and O–H groups in total. The number of fused-ring (bicyclic) bond motifs is 3. The van der Waals surface area contributed by atoms with Gasteiger partial charge in [-0.1, -0.05) is 12.1 Å². The normalized spacial score (nSPS) is 18.7. The summed E-state index contributed by atoms with van der Waals surface area (Å²) in [6.07, 6.45) is 3.71. The van der Waals surface area contributed by atoms with E-state index in [1.165, 1.54) is 23.6 Å². The minimum Gasteiger partial charge on any atom is -0.493 e. The first-order valence-electron chi connectivity index (χ1n) is 18.3. The third kappa shape index (κ3) is 6.22. The zero-order valence-corrected chi connectivity index (χ0v) is 31.5. The van der Waals surface area contributed by atoms with Crippen molar-refractivity contribution in [1.29, 1.82) is 0 Å². The van der Waals surface area contributed by atoms with Crippen molar-refractivity contribution in [3.05, 3.63) is 88.0 Å². The van der Waals surface area contributed by atoms with Crippen molar-refractivity contribution in [2.24, 2.45) is 0 Å². The van der Waals surface area contributed by atoms with Gasteiger partial charge in [-0.3, -0.25) is 14.5 Å². The van der Waals surface area contributed by atoms with Crippen molar-refractivity contribution in [2.45, 2.75) is 51.1 Å². The van der Waals surface area contributed by atoms with Crippen LogP contribution in [0.2, 0.25) is 0 Å². The molecule has 1 amide bonds. The minimum atomic E-state index is -0.544. The van der Waals surface area contributed by atoms with Gasteiger partial charge in [0.15, 0.2) is 41.1 Å². The van der Waals surface area contributed by atoms with E-state index in [0.717, 1.165) is 42.5 Å². The highest BCUT2D eigenvalue weighted by Gasteiger charge is 2.44. The Labute approximate surface area is 315 Å². The van der Waals surface area contributed by atoms with Gasteiger partial charge < -0.3 is 33.2 Å². The zero-order chi connectivity index (χ0) is 37.7. The minimum absolute atomic E-state index is 0.149. The molecule has 0 saturated carbocycles. The Balaban J connectivity index is 1.37. The van der Waals surface area contributed by atoms with E-state index in [4.69, 9.17) is 33.2 Å². The highest BCUT2D eigenvalue weighted by atomic mass is 16.6. The number of esters is 1. The molecule has 0 radical (unpaired) electrons. The summed E-state index contributed by atoms with van der Waals surface area (Å²) in [5, 5.41) is 3.63. The number of anilines is 1. The summed E-state index contributed by atoms with van der Waals surface area (Å²) in [6.45, 7) is 2.27. The van der Waals surface area contributed by atoms with Crippen LogP contribution in [0.1, 0.15) is 58.8 Å². The predicted molar refractivity (Wildman–Crippen MR) is 200 cm³/mol. The summed E-state index contributed by atoms with van der Waals surface area (Å²) < 4.78 is 42.6. The first-order chi connectivity index (χ1) is 26.2. The molecule has 0 saturated heterocycles. The van der Waals surface area contributed by atoms with E-state index in [-0.39, 0.29) is 6.04 Å². The van der Waals surface area contributed by atoms with Gasteiger partial charge in [-0.15, -0.1) is 0 Å². The second-order valence-electron chi connectivity index (χ2n) is 14.1. The van der Waals surface area contributed by atoms with E-state index < -0.39 is 24.5 Å². The number of nitrogens with zero attached hydrogens (tertiary/aromatic N) is 3. The Hall–Kier alpha value is -5.46. The number of hydrogen-bond acceptors (Lipinski definition) is 11. The Kier molecular flexibility index (Phi) is 9.49. The number of amides is 1. The van der Waals surface area contributed by atoms with Crippen LogP contribution in [-0.4, -0.2) is 77.0 Å². The largest absolute Gasteiger partial charge is 0.493 e. The van der Waals surface area contributed by atoms with Gasteiger partial charge in [-0.2, -0.15) is 0 Å². The molecule has 0 unspecified atom stereocenters. The van der Waals surface area contributed by atoms with E-state index in [0.29, 0.717) is 71.1 Å². The number of likely N-dealkylation sites (N-methyl/N-ethyl adjacent to an activating group) is 1. The summed E-state index contributed by atoms with van der Waals surface area (Å²) in [6, 6.07) is 17.9. The highest BCUT2D eigenvalue weighted by Crippen LogP contribution is 2.54. The maximum atomic E-state index is 14.2. The van der Waals surface area contributed by atoms with Crippen molar-refractivity contribution in [2.75, 3.05) is 60.2 Å². The van der Waals surface area contributed by atoms with E-state index >= 15 is 0 Å². The number of carbonyl (C=O) groups excluding carboxylic acids is 2. The van der Waals surface area contributed by atoms with Gasteiger partial charge in [0, 0.05) is 37.7 Å². The number of rotatable bonds is 6. The van der Waals surface area contributed by atoms with Crippen molar-refractivity contribution in [1.82, 2.24) is 9.91 Å². The van der Waals surface area contributed by atoms with E-state index in [9.17, 15) is 9.59 Å². The number of benzene rings is 4. The number of methoxy groups -OCH3 is 4. The van der Waals surface area contributed by atoms with E-state index in [2.05, 4.69) is 36.2 Å². The van der Waals surface area contributed by atoms with Crippen LogP contribution >= 0.6 is 0 Å². The molecule has 4 aromatic rings. The molecule has 9 rings (SSSR count). The summed E-state index contributed by atoms with van der Waals surface area (Å²) in [7, 11) is 8.62. The van der Waals surface area contributed by atoms with Gasteiger partial charge in [0.05, 0.1) is 40.2 Å². The molecule has 282 valence electrons. The monoisotopic (exact) mass is 735 g/mol. The van der Waals surface area contributed by atoms with Crippen LogP contribution in [0.5, 0.6) is 46.0 Å². The summed E-state index contributed by atoms with van der Waals surface area (Å²) >= 11 is 0. The smallest absolute Gasteiger partial charge is 0.303 e. The Morgan fingerprint density at radius 2 is 1.46 bits per heavy atom. The molecule has 4 aromatic carbocycles. The van der Waals surface area contributed by atoms with Crippen molar-refractivity contribution < 1.29 is 42.7 Å².